The van der Waals surface area contributed by atoms with Gasteiger partial charge in [-0.25, -0.2) is 0 Å². The van der Waals surface area contributed by atoms with Crippen LogP contribution in [0.15, 0.2) is 24.4 Å². The van der Waals surface area contributed by atoms with Crippen molar-refractivity contribution >= 4 is 23.1 Å². The topological polar surface area (TPSA) is 80.9 Å². The average Bonchev–Trinajstić information content (AvgIpc) is 2.71. The lowest BCUT2D eigenvalue weighted by molar-refractivity contribution is 0.0968. The van der Waals surface area contributed by atoms with E-state index >= 15 is 0 Å². The second-order valence-electron chi connectivity index (χ2n) is 3.07. The summed E-state index contributed by atoms with van der Waals surface area (Å²) >= 11 is 1.08. The van der Waals surface area contributed by atoms with Crippen molar-refractivity contribution in [3.8, 4) is 11.4 Å². The fourth-order valence-electron chi connectivity index (χ4n) is 1.26. The van der Waals surface area contributed by atoms with Crippen molar-refractivity contribution in [2.45, 2.75) is 0 Å². The molecule has 0 saturated carbocycles. The van der Waals surface area contributed by atoms with Crippen LogP contribution < -0.4 is 11.1 Å². The molecule has 2 rings (SSSR count). The van der Waals surface area contributed by atoms with Crippen LogP contribution in [0.4, 0.5) is 5.69 Å². The van der Waals surface area contributed by atoms with Crippen molar-refractivity contribution in [2.75, 3.05) is 12.8 Å². The smallest absolute Gasteiger partial charge is 0.264 e. The van der Waals surface area contributed by atoms with Crippen LogP contribution in [0.25, 0.3) is 11.4 Å². The monoisotopic (exact) mass is 234 g/mol. The zero-order chi connectivity index (χ0) is 11.5. The Morgan fingerprint density at radius 2 is 2.31 bits per heavy atom. The summed E-state index contributed by atoms with van der Waals surface area (Å²) in [6.45, 7) is 0. The number of aromatic nitrogens is 2. The van der Waals surface area contributed by atoms with Crippen LogP contribution in [-0.2, 0) is 0 Å². The molecule has 0 aliphatic rings. The molecule has 0 saturated heterocycles. The molecular formula is C10H10N4OS. The van der Waals surface area contributed by atoms with E-state index in [0.717, 1.165) is 11.5 Å². The van der Waals surface area contributed by atoms with Crippen molar-refractivity contribution in [3.05, 3.63) is 29.3 Å². The van der Waals surface area contributed by atoms with Gasteiger partial charge in [0.15, 0.2) is 0 Å². The van der Waals surface area contributed by atoms with Crippen LogP contribution in [0, 0.1) is 0 Å². The Morgan fingerprint density at radius 1 is 1.50 bits per heavy atom. The van der Waals surface area contributed by atoms with E-state index < -0.39 is 0 Å². The first kappa shape index (κ1) is 10.6. The number of pyridine rings is 1. The van der Waals surface area contributed by atoms with Gasteiger partial charge in [0.1, 0.15) is 10.6 Å². The molecule has 0 atom stereocenters. The molecular weight excluding hydrogens is 224 g/mol. The van der Waals surface area contributed by atoms with Crippen molar-refractivity contribution in [1.82, 2.24) is 14.7 Å². The summed E-state index contributed by atoms with van der Waals surface area (Å²) in [5.41, 5.74) is 7.47. The van der Waals surface area contributed by atoms with Crippen LogP contribution in [0.1, 0.15) is 9.67 Å². The number of anilines is 1. The Hall–Kier alpha value is -1.95. The Kier molecular flexibility index (Phi) is 2.82. The van der Waals surface area contributed by atoms with Gasteiger partial charge in [-0.1, -0.05) is 6.07 Å². The van der Waals surface area contributed by atoms with Crippen LogP contribution in [0.5, 0.6) is 0 Å². The zero-order valence-electron chi connectivity index (χ0n) is 8.60. The molecule has 0 aliphatic heterocycles. The largest absolute Gasteiger partial charge is 0.396 e. The first-order chi connectivity index (χ1) is 7.74. The fraction of sp³-hybridized carbons (Fsp3) is 0.100. The highest BCUT2D eigenvalue weighted by molar-refractivity contribution is 7.09. The van der Waals surface area contributed by atoms with Crippen molar-refractivity contribution < 1.29 is 4.79 Å². The molecule has 0 bridgehead atoms. The maximum absolute atomic E-state index is 11.4. The van der Waals surface area contributed by atoms with E-state index in [0.29, 0.717) is 22.0 Å². The summed E-state index contributed by atoms with van der Waals surface area (Å²) in [7, 11) is 1.56. The molecule has 0 unspecified atom stereocenters. The Morgan fingerprint density at radius 3 is 2.94 bits per heavy atom. The lowest BCUT2D eigenvalue weighted by Crippen LogP contribution is -2.17. The molecule has 0 aliphatic carbocycles. The highest BCUT2D eigenvalue weighted by atomic mass is 32.1. The van der Waals surface area contributed by atoms with Gasteiger partial charge >= 0.3 is 0 Å². The van der Waals surface area contributed by atoms with Crippen molar-refractivity contribution in [2.24, 2.45) is 0 Å². The van der Waals surface area contributed by atoms with Gasteiger partial charge in [-0.2, -0.15) is 4.37 Å². The van der Waals surface area contributed by atoms with E-state index in [4.69, 9.17) is 5.73 Å². The van der Waals surface area contributed by atoms with E-state index in [9.17, 15) is 4.79 Å². The van der Waals surface area contributed by atoms with Gasteiger partial charge in [-0.05, 0) is 23.7 Å². The number of nitrogens with one attached hydrogen (secondary N) is 1. The summed E-state index contributed by atoms with van der Waals surface area (Å²) < 4.78 is 4.15. The van der Waals surface area contributed by atoms with E-state index in [1.807, 2.05) is 12.1 Å². The molecule has 2 aromatic heterocycles. The Balaban J connectivity index is 2.45. The standard InChI is InChI=1S/C10H10N4OS/c1-12-10(15)9-7(11)8(14-16-9)6-4-2-3-5-13-6/h2-5H,11H2,1H3,(H,12,15). The normalized spacial score (nSPS) is 10.1. The minimum Gasteiger partial charge on any atom is -0.396 e. The molecule has 0 radical (unpaired) electrons. The van der Waals surface area contributed by atoms with Crippen LogP contribution >= 0.6 is 11.5 Å². The number of amides is 1. The number of hydrogen-bond acceptors (Lipinski definition) is 5. The predicted molar refractivity (Wildman–Crippen MR) is 63.1 cm³/mol. The van der Waals surface area contributed by atoms with Gasteiger partial charge in [0.2, 0.25) is 0 Å². The molecule has 5 nitrogen and oxygen atoms in total. The highest BCUT2D eigenvalue weighted by Gasteiger charge is 2.17. The van der Waals surface area contributed by atoms with Gasteiger partial charge < -0.3 is 11.1 Å². The quantitative estimate of drug-likeness (QED) is 0.816. The number of nitrogen functional groups attached to an aromatic ring is 1. The number of nitrogens with zero attached hydrogens (tertiary/aromatic N) is 2. The first-order valence-corrected chi connectivity index (χ1v) is 5.40. The van der Waals surface area contributed by atoms with Gasteiger partial charge in [-0.15, -0.1) is 0 Å². The summed E-state index contributed by atoms with van der Waals surface area (Å²) in [4.78, 5) is 16.0. The average molecular weight is 234 g/mol. The third kappa shape index (κ3) is 1.74. The van der Waals surface area contributed by atoms with E-state index in [1.54, 1.807) is 19.3 Å². The third-order valence-electron chi connectivity index (χ3n) is 2.07. The lowest BCUT2D eigenvalue weighted by atomic mass is 10.2. The second kappa shape index (κ2) is 4.28. The minimum absolute atomic E-state index is 0.225. The fourth-order valence-corrected chi connectivity index (χ4v) is 2.02. The maximum Gasteiger partial charge on any atom is 0.264 e. The molecule has 3 N–H and O–H groups in total. The first-order valence-electron chi connectivity index (χ1n) is 4.62. The van der Waals surface area contributed by atoms with Crippen LogP contribution in [0.3, 0.4) is 0 Å². The molecule has 0 aromatic carbocycles. The number of nitrogens with two attached hydrogens (primary N) is 1. The van der Waals surface area contributed by atoms with Gasteiger partial charge in [0, 0.05) is 13.2 Å². The number of hydrogen-bond donors (Lipinski definition) is 2. The Bertz CT molecular complexity index is 509. The van der Waals surface area contributed by atoms with Crippen molar-refractivity contribution in [3.63, 3.8) is 0 Å². The summed E-state index contributed by atoms with van der Waals surface area (Å²) in [5, 5.41) is 2.52. The highest BCUT2D eigenvalue weighted by Crippen LogP contribution is 2.28. The number of carbonyl (C=O) groups is 1. The number of carbonyl (C=O) groups excluding carboxylic acids is 1. The number of rotatable bonds is 2. The molecule has 0 fully saturated rings. The third-order valence-corrected chi connectivity index (χ3v) is 2.93. The summed E-state index contributed by atoms with van der Waals surface area (Å²) in [6, 6.07) is 5.46. The summed E-state index contributed by atoms with van der Waals surface area (Å²) in [6.07, 6.45) is 1.66. The van der Waals surface area contributed by atoms with Crippen molar-refractivity contribution in [1.29, 1.82) is 0 Å². The maximum atomic E-state index is 11.4. The zero-order valence-corrected chi connectivity index (χ0v) is 9.41. The van der Waals surface area contributed by atoms with Gasteiger partial charge in [0.05, 0.1) is 11.4 Å². The van der Waals surface area contributed by atoms with Crippen LogP contribution in [-0.4, -0.2) is 22.3 Å². The predicted octanol–water partition coefficient (Wildman–Crippen LogP) is 1.15. The van der Waals surface area contributed by atoms with Gasteiger partial charge in [0.25, 0.3) is 5.91 Å². The van der Waals surface area contributed by atoms with E-state index in [2.05, 4.69) is 14.7 Å². The molecule has 82 valence electrons. The molecule has 2 aromatic rings. The summed E-state index contributed by atoms with van der Waals surface area (Å²) in [5.74, 6) is -0.225. The molecule has 1 amide bonds. The van der Waals surface area contributed by atoms with Crippen LogP contribution in [0.2, 0.25) is 0 Å². The van der Waals surface area contributed by atoms with E-state index in [1.165, 1.54) is 0 Å². The molecule has 2 heterocycles. The molecule has 16 heavy (non-hydrogen) atoms. The molecule has 6 heteroatoms. The van der Waals surface area contributed by atoms with Gasteiger partial charge in [-0.3, -0.25) is 9.78 Å². The second-order valence-corrected chi connectivity index (χ2v) is 3.84. The van der Waals surface area contributed by atoms with E-state index in [-0.39, 0.29) is 5.91 Å². The minimum atomic E-state index is -0.225. The SMILES string of the molecule is CNC(=O)c1snc(-c2ccccn2)c1N. The lowest BCUT2D eigenvalue weighted by Gasteiger charge is -1.98. The molecule has 0 spiro atoms. The Labute approximate surface area is 96.5 Å².